The van der Waals surface area contributed by atoms with Crippen LogP contribution in [0.25, 0.3) is 0 Å². The molecule has 92 valence electrons. The Morgan fingerprint density at radius 2 is 2.38 bits per heavy atom. The molecule has 0 aromatic rings. The standard InChI is InChI=1S/C9H17N3O3S/c1-6(16(2)15)3-12-9(14)7-4-11-8(13)5-10-7/h6-7,10H,3-5H2,1-2H3,(H,11,13)(H,12,14). The van der Waals surface area contributed by atoms with Crippen LogP contribution in [0, 0.1) is 0 Å². The molecule has 0 aromatic carbocycles. The van der Waals surface area contributed by atoms with E-state index >= 15 is 0 Å². The van der Waals surface area contributed by atoms with Crippen LogP contribution in [0.2, 0.25) is 0 Å². The first-order valence-corrected chi connectivity index (χ1v) is 6.73. The second-order valence-electron chi connectivity index (χ2n) is 3.79. The van der Waals surface area contributed by atoms with Crippen LogP contribution in [0.1, 0.15) is 6.92 Å². The molecule has 1 heterocycles. The van der Waals surface area contributed by atoms with Gasteiger partial charge in [-0.2, -0.15) is 0 Å². The molecule has 1 fully saturated rings. The maximum atomic E-state index is 11.6. The van der Waals surface area contributed by atoms with Crippen molar-refractivity contribution in [2.75, 3.05) is 25.9 Å². The lowest BCUT2D eigenvalue weighted by molar-refractivity contribution is -0.126. The summed E-state index contributed by atoms with van der Waals surface area (Å²) in [5, 5.41) is 8.06. The summed E-state index contributed by atoms with van der Waals surface area (Å²) < 4.78 is 11.1. The summed E-state index contributed by atoms with van der Waals surface area (Å²) in [5.74, 6) is -0.274. The Labute approximate surface area is 97.0 Å². The summed E-state index contributed by atoms with van der Waals surface area (Å²) in [7, 11) is -0.942. The summed E-state index contributed by atoms with van der Waals surface area (Å²) in [4.78, 5) is 22.4. The van der Waals surface area contributed by atoms with E-state index in [1.807, 2.05) is 6.92 Å². The molecule has 0 aliphatic carbocycles. The van der Waals surface area contributed by atoms with Gasteiger partial charge in [-0.25, -0.2) is 0 Å². The highest BCUT2D eigenvalue weighted by Gasteiger charge is 2.23. The van der Waals surface area contributed by atoms with Crippen LogP contribution in [-0.4, -0.2) is 53.2 Å². The van der Waals surface area contributed by atoms with Crippen molar-refractivity contribution in [3.63, 3.8) is 0 Å². The van der Waals surface area contributed by atoms with E-state index in [-0.39, 0.29) is 23.6 Å². The third-order valence-corrected chi connectivity index (χ3v) is 3.76. The topological polar surface area (TPSA) is 87.3 Å². The first-order valence-electron chi connectivity index (χ1n) is 5.10. The fourth-order valence-electron chi connectivity index (χ4n) is 1.24. The smallest absolute Gasteiger partial charge is 0.239 e. The van der Waals surface area contributed by atoms with Crippen LogP contribution in [0.4, 0.5) is 0 Å². The Morgan fingerprint density at radius 1 is 1.69 bits per heavy atom. The van der Waals surface area contributed by atoms with E-state index in [1.165, 1.54) is 0 Å². The number of piperazine rings is 1. The fourth-order valence-corrected chi connectivity index (χ4v) is 1.55. The zero-order chi connectivity index (χ0) is 12.1. The molecule has 6 nitrogen and oxygen atoms in total. The van der Waals surface area contributed by atoms with Crippen LogP contribution < -0.4 is 16.0 Å². The maximum Gasteiger partial charge on any atom is 0.239 e. The van der Waals surface area contributed by atoms with E-state index in [0.717, 1.165) is 0 Å². The van der Waals surface area contributed by atoms with Crippen LogP contribution >= 0.6 is 0 Å². The van der Waals surface area contributed by atoms with Gasteiger partial charge in [0.15, 0.2) is 0 Å². The van der Waals surface area contributed by atoms with E-state index in [4.69, 9.17) is 0 Å². The predicted octanol–water partition coefficient (Wildman–Crippen LogP) is -2.04. The number of rotatable bonds is 4. The van der Waals surface area contributed by atoms with Crippen molar-refractivity contribution in [1.29, 1.82) is 0 Å². The van der Waals surface area contributed by atoms with Crippen molar-refractivity contribution >= 4 is 22.6 Å². The lowest BCUT2D eigenvalue weighted by atomic mass is 10.2. The molecule has 0 spiro atoms. The fraction of sp³-hybridized carbons (Fsp3) is 0.778. The average molecular weight is 247 g/mol. The Bertz CT molecular complexity index is 298. The van der Waals surface area contributed by atoms with Gasteiger partial charge in [0.25, 0.3) is 0 Å². The van der Waals surface area contributed by atoms with Crippen LogP contribution in [-0.2, 0) is 20.4 Å². The van der Waals surface area contributed by atoms with Gasteiger partial charge in [-0.05, 0) is 6.92 Å². The highest BCUT2D eigenvalue weighted by atomic mass is 32.2. The maximum absolute atomic E-state index is 11.6. The van der Waals surface area contributed by atoms with Crippen LogP contribution in [0.5, 0.6) is 0 Å². The van der Waals surface area contributed by atoms with Crippen molar-refractivity contribution in [2.24, 2.45) is 0 Å². The van der Waals surface area contributed by atoms with Gasteiger partial charge < -0.3 is 10.6 Å². The molecular formula is C9H17N3O3S. The summed E-state index contributed by atoms with van der Waals surface area (Å²) in [6.45, 7) is 2.65. The monoisotopic (exact) mass is 247 g/mol. The van der Waals surface area contributed by atoms with Crippen LogP contribution in [0.3, 0.4) is 0 Å². The van der Waals surface area contributed by atoms with Gasteiger partial charge in [0.1, 0.15) is 6.04 Å². The molecule has 3 N–H and O–H groups in total. The Kier molecular flexibility index (Phi) is 4.88. The minimum absolute atomic E-state index is 0.0675. The van der Waals surface area contributed by atoms with Crippen molar-refractivity contribution in [3.05, 3.63) is 0 Å². The Balaban J connectivity index is 2.30. The van der Waals surface area contributed by atoms with E-state index in [1.54, 1.807) is 6.26 Å². The number of carbonyl (C=O) groups excluding carboxylic acids is 2. The normalized spacial score (nSPS) is 24.4. The zero-order valence-electron chi connectivity index (χ0n) is 9.41. The number of carbonyl (C=O) groups is 2. The quantitative estimate of drug-likeness (QED) is 0.534. The van der Waals surface area contributed by atoms with Crippen LogP contribution in [0.15, 0.2) is 0 Å². The van der Waals surface area contributed by atoms with E-state index in [0.29, 0.717) is 13.1 Å². The van der Waals surface area contributed by atoms with Crippen molar-refractivity contribution in [1.82, 2.24) is 16.0 Å². The van der Waals surface area contributed by atoms with Gasteiger partial charge in [-0.1, -0.05) is 0 Å². The lowest BCUT2D eigenvalue weighted by Crippen LogP contribution is -2.58. The second kappa shape index (κ2) is 5.95. The summed E-state index contributed by atoms with van der Waals surface area (Å²) in [5.41, 5.74) is 0. The molecule has 3 unspecified atom stereocenters. The van der Waals surface area contributed by atoms with Crippen molar-refractivity contribution in [3.8, 4) is 0 Å². The van der Waals surface area contributed by atoms with Crippen molar-refractivity contribution < 1.29 is 13.8 Å². The molecule has 3 atom stereocenters. The van der Waals surface area contributed by atoms with E-state index in [2.05, 4.69) is 16.0 Å². The number of hydrogen-bond acceptors (Lipinski definition) is 4. The molecular weight excluding hydrogens is 230 g/mol. The highest BCUT2D eigenvalue weighted by Crippen LogP contribution is 1.92. The summed E-state index contributed by atoms with van der Waals surface area (Å²) in [6.07, 6.45) is 1.61. The minimum Gasteiger partial charge on any atom is -0.353 e. The number of hydrogen-bond donors (Lipinski definition) is 3. The molecule has 1 rings (SSSR count). The Hall–Kier alpha value is -0.950. The van der Waals surface area contributed by atoms with E-state index < -0.39 is 16.8 Å². The first kappa shape index (κ1) is 13.1. The van der Waals surface area contributed by atoms with Crippen molar-refractivity contribution in [2.45, 2.75) is 18.2 Å². The van der Waals surface area contributed by atoms with E-state index in [9.17, 15) is 13.8 Å². The third-order valence-electron chi connectivity index (χ3n) is 2.46. The lowest BCUT2D eigenvalue weighted by Gasteiger charge is -2.23. The van der Waals surface area contributed by atoms with Gasteiger partial charge in [0.05, 0.1) is 6.54 Å². The van der Waals surface area contributed by atoms with Gasteiger partial charge in [0, 0.05) is 35.4 Å². The SMILES string of the molecule is CC(CNC(=O)C1CNC(=O)CN1)S(C)=O. The predicted molar refractivity (Wildman–Crippen MR) is 61.3 cm³/mol. The van der Waals surface area contributed by atoms with Gasteiger partial charge in [-0.3, -0.25) is 19.1 Å². The highest BCUT2D eigenvalue weighted by molar-refractivity contribution is 7.84. The number of nitrogens with one attached hydrogen (secondary N) is 3. The second-order valence-corrected chi connectivity index (χ2v) is 5.59. The molecule has 16 heavy (non-hydrogen) atoms. The van der Waals surface area contributed by atoms with Gasteiger partial charge in [0.2, 0.25) is 11.8 Å². The zero-order valence-corrected chi connectivity index (χ0v) is 10.2. The molecule has 0 bridgehead atoms. The molecule has 2 amide bonds. The molecule has 0 radical (unpaired) electrons. The molecule has 7 heteroatoms. The summed E-state index contributed by atoms with van der Waals surface area (Å²) >= 11 is 0. The molecule has 0 saturated carbocycles. The minimum atomic E-state index is -0.942. The number of amides is 2. The third kappa shape index (κ3) is 3.90. The average Bonchev–Trinajstić information content (AvgIpc) is 2.26. The van der Waals surface area contributed by atoms with Gasteiger partial charge >= 0.3 is 0 Å². The molecule has 0 aromatic heterocycles. The first-order chi connectivity index (χ1) is 7.50. The molecule has 1 aliphatic rings. The Morgan fingerprint density at radius 3 is 2.88 bits per heavy atom. The van der Waals surface area contributed by atoms with Gasteiger partial charge in [-0.15, -0.1) is 0 Å². The largest absolute Gasteiger partial charge is 0.353 e. The molecule has 1 aliphatic heterocycles. The summed E-state index contributed by atoms with van der Waals surface area (Å²) in [6, 6.07) is -0.393. The molecule has 1 saturated heterocycles.